The fourth-order valence-electron chi connectivity index (χ4n) is 10.7. The molecule has 1 amide bonds. The van der Waals surface area contributed by atoms with Gasteiger partial charge >= 0.3 is 5.97 Å². The zero-order chi connectivity index (χ0) is 28.3. The van der Waals surface area contributed by atoms with Crippen LogP contribution in [-0.2, 0) is 9.59 Å². The predicted molar refractivity (Wildman–Crippen MR) is 152 cm³/mol. The number of nitrogens with one attached hydrogen (secondary N) is 1. The van der Waals surface area contributed by atoms with Gasteiger partial charge in [0.15, 0.2) is 0 Å². The van der Waals surface area contributed by atoms with Crippen LogP contribution in [0.3, 0.4) is 0 Å². The molecule has 0 radical (unpaired) electrons. The molecule has 9 atom stereocenters. The van der Waals surface area contributed by atoms with Crippen LogP contribution in [0.2, 0.25) is 0 Å². The molecule has 3 N–H and O–H groups in total. The van der Waals surface area contributed by atoms with Crippen molar-refractivity contribution >= 4 is 11.9 Å². The molecule has 0 aromatic heterocycles. The molecule has 0 aromatic rings. The standard InChI is InChI=1S/C33H57NO4/c1-21(2)22-11-14-30(5,28(38)34-20-27(36)37)17-18-32(7)23(19-22)9-10-25-31(6)15-13-26(35)29(3,4)24(31)12-16-33(25,32)8/h21-26,35H,9-20H2,1-8H3,(H,34,38)(H,36,37)/t22-,23?,24?,25?,26-,30+,31+,32-,33-/m1/s1. The third kappa shape index (κ3) is 4.65. The Kier molecular flexibility index (Phi) is 7.92. The van der Waals surface area contributed by atoms with Crippen LogP contribution in [0.25, 0.3) is 0 Å². The summed E-state index contributed by atoms with van der Waals surface area (Å²) >= 11 is 0. The van der Waals surface area contributed by atoms with Gasteiger partial charge in [-0.25, -0.2) is 0 Å². The van der Waals surface area contributed by atoms with Crippen LogP contribution in [0, 0.1) is 56.7 Å². The fourth-order valence-corrected chi connectivity index (χ4v) is 10.7. The summed E-state index contributed by atoms with van der Waals surface area (Å²) in [5.41, 5.74) is -0.0165. The lowest BCUT2D eigenvalue weighted by Gasteiger charge is -2.70. The summed E-state index contributed by atoms with van der Waals surface area (Å²) in [7, 11) is 0. The minimum absolute atomic E-state index is 0.0476. The number of aliphatic hydroxyl groups is 1. The van der Waals surface area contributed by atoms with Gasteiger partial charge < -0.3 is 15.5 Å². The quantitative estimate of drug-likeness (QED) is 0.362. The van der Waals surface area contributed by atoms with Gasteiger partial charge in [0.05, 0.1) is 6.10 Å². The molecule has 5 heteroatoms. The molecular formula is C33H57NO4. The summed E-state index contributed by atoms with van der Waals surface area (Å²) in [4.78, 5) is 24.7. The van der Waals surface area contributed by atoms with Crippen molar-refractivity contribution in [1.82, 2.24) is 5.32 Å². The number of carbonyl (C=O) groups excluding carboxylic acids is 1. The summed E-state index contributed by atoms with van der Waals surface area (Å²) < 4.78 is 0. The number of aliphatic hydroxyl groups excluding tert-OH is 1. The first-order valence-corrected chi connectivity index (χ1v) is 15.7. The maximum atomic E-state index is 13.4. The minimum atomic E-state index is -0.981. The third-order valence-corrected chi connectivity index (χ3v) is 13.8. The molecule has 0 heterocycles. The summed E-state index contributed by atoms with van der Waals surface area (Å²) in [5, 5.41) is 22.9. The van der Waals surface area contributed by atoms with Crippen LogP contribution < -0.4 is 5.32 Å². The van der Waals surface area contributed by atoms with Gasteiger partial charge in [0.2, 0.25) is 5.91 Å². The number of rotatable bonds is 4. The number of amides is 1. The van der Waals surface area contributed by atoms with E-state index in [1.807, 2.05) is 0 Å². The second-order valence-corrected chi connectivity index (χ2v) is 16.1. The van der Waals surface area contributed by atoms with Crippen molar-refractivity contribution in [2.24, 2.45) is 56.7 Å². The molecule has 0 bridgehead atoms. The number of hydrogen-bond donors (Lipinski definition) is 3. The van der Waals surface area contributed by atoms with Gasteiger partial charge in [-0.3, -0.25) is 9.59 Å². The SMILES string of the molecule is CC(C)[C@@H]1CC[C@](C)(C(=O)NCC(=O)O)CC[C@]2(C)C(CCC3[C@@]4(C)CC[C@@H](O)C(C)(C)C4CC[C@]32C)C1. The Morgan fingerprint density at radius 3 is 2.13 bits per heavy atom. The van der Waals surface area contributed by atoms with Gasteiger partial charge in [0.25, 0.3) is 0 Å². The Morgan fingerprint density at radius 1 is 0.816 bits per heavy atom. The van der Waals surface area contributed by atoms with Crippen molar-refractivity contribution in [3.05, 3.63) is 0 Å². The summed E-state index contributed by atoms with van der Waals surface area (Å²) in [6, 6.07) is 0. The van der Waals surface area contributed by atoms with E-state index in [-0.39, 0.29) is 40.2 Å². The van der Waals surface area contributed by atoms with E-state index in [1.165, 1.54) is 32.1 Å². The molecule has 0 aliphatic heterocycles. The molecule has 218 valence electrons. The Balaban J connectivity index is 1.71. The highest BCUT2D eigenvalue weighted by atomic mass is 16.4. The smallest absolute Gasteiger partial charge is 0.322 e. The summed E-state index contributed by atoms with van der Waals surface area (Å²) in [6.07, 6.45) is 11.7. The number of fused-ring (bicyclic) bond motifs is 5. The molecule has 4 aliphatic carbocycles. The van der Waals surface area contributed by atoms with Crippen LogP contribution in [0.5, 0.6) is 0 Å². The van der Waals surface area contributed by atoms with Crippen molar-refractivity contribution in [2.45, 2.75) is 132 Å². The number of carboxylic acid groups (broad SMARTS) is 1. The maximum absolute atomic E-state index is 13.4. The molecule has 3 unspecified atom stereocenters. The number of carboxylic acids is 1. The summed E-state index contributed by atoms with van der Waals surface area (Å²) in [6.45, 7) is 18.8. The average molecular weight is 532 g/mol. The normalized spacial score (nSPS) is 46.9. The minimum Gasteiger partial charge on any atom is -0.480 e. The first kappa shape index (κ1) is 29.9. The predicted octanol–water partition coefficient (Wildman–Crippen LogP) is 7.07. The van der Waals surface area contributed by atoms with E-state index in [2.05, 4.69) is 60.7 Å². The Hall–Kier alpha value is -1.10. The Labute approximate surface area is 232 Å². The lowest BCUT2D eigenvalue weighted by atomic mass is 9.34. The van der Waals surface area contributed by atoms with E-state index in [0.29, 0.717) is 29.6 Å². The zero-order valence-electron chi connectivity index (χ0n) is 25.7. The number of carbonyl (C=O) groups is 2. The molecule has 4 rings (SSSR count). The fraction of sp³-hybridized carbons (Fsp3) is 0.939. The molecule has 0 aromatic carbocycles. The lowest BCUT2D eigenvalue weighted by molar-refractivity contribution is -0.228. The topological polar surface area (TPSA) is 86.6 Å². The Morgan fingerprint density at radius 2 is 1.50 bits per heavy atom. The largest absolute Gasteiger partial charge is 0.480 e. The van der Waals surface area contributed by atoms with Gasteiger partial charge in [-0.15, -0.1) is 0 Å². The zero-order valence-corrected chi connectivity index (χ0v) is 25.7. The van der Waals surface area contributed by atoms with Gasteiger partial charge in [-0.1, -0.05) is 55.4 Å². The molecule has 4 saturated carbocycles. The van der Waals surface area contributed by atoms with Gasteiger partial charge in [0.1, 0.15) is 6.54 Å². The summed E-state index contributed by atoms with van der Waals surface area (Å²) in [5.74, 6) is 1.92. The van der Waals surface area contributed by atoms with Gasteiger partial charge in [0, 0.05) is 5.41 Å². The Bertz CT molecular complexity index is 915. The second-order valence-electron chi connectivity index (χ2n) is 16.1. The van der Waals surface area contributed by atoms with Crippen LogP contribution in [0.4, 0.5) is 0 Å². The van der Waals surface area contributed by atoms with Crippen molar-refractivity contribution in [3.63, 3.8) is 0 Å². The van der Waals surface area contributed by atoms with E-state index < -0.39 is 11.4 Å². The van der Waals surface area contributed by atoms with Crippen LogP contribution in [-0.4, -0.2) is 34.7 Å². The average Bonchev–Trinajstić information content (AvgIpc) is 2.88. The first-order chi connectivity index (χ1) is 17.5. The van der Waals surface area contributed by atoms with Gasteiger partial charge in [-0.2, -0.15) is 0 Å². The molecule has 4 aliphatic rings. The van der Waals surface area contributed by atoms with E-state index in [4.69, 9.17) is 0 Å². The molecule has 4 fully saturated rings. The van der Waals surface area contributed by atoms with Crippen molar-refractivity contribution in [3.8, 4) is 0 Å². The van der Waals surface area contributed by atoms with Crippen LogP contribution >= 0.6 is 0 Å². The molecule has 5 nitrogen and oxygen atoms in total. The van der Waals surface area contributed by atoms with Crippen LogP contribution in [0.15, 0.2) is 0 Å². The van der Waals surface area contributed by atoms with E-state index in [1.54, 1.807) is 0 Å². The van der Waals surface area contributed by atoms with Gasteiger partial charge in [-0.05, 0) is 122 Å². The molecule has 38 heavy (non-hydrogen) atoms. The van der Waals surface area contributed by atoms with Crippen LogP contribution in [0.1, 0.15) is 126 Å². The van der Waals surface area contributed by atoms with Crippen molar-refractivity contribution < 1.29 is 19.8 Å². The van der Waals surface area contributed by atoms with Crippen molar-refractivity contribution in [2.75, 3.05) is 6.54 Å². The van der Waals surface area contributed by atoms with E-state index in [0.717, 1.165) is 38.5 Å². The lowest BCUT2D eigenvalue weighted by Crippen LogP contribution is -2.64. The highest BCUT2D eigenvalue weighted by Crippen LogP contribution is 2.73. The third-order valence-electron chi connectivity index (χ3n) is 13.8. The first-order valence-electron chi connectivity index (χ1n) is 15.7. The molecule has 0 saturated heterocycles. The van der Waals surface area contributed by atoms with E-state index in [9.17, 15) is 19.8 Å². The monoisotopic (exact) mass is 531 g/mol. The van der Waals surface area contributed by atoms with Crippen molar-refractivity contribution in [1.29, 1.82) is 0 Å². The van der Waals surface area contributed by atoms with E-state index >= 15 is 0 Å². The number of hydrogen-bond acceptors (Lipinski definition) is 3. The number of aliphatic carboxylic acids is 1. The maximum Gasteiger partial charge on any atom is 0.322 e. The molecule has 0 spiro atoms. The molecular weight excluding hydrogens is 474 g/mol. The highest BCUT2D eigenvalue weighted by molar-refractivity contribution is 5.85. The highest BCUT2D eigenvalue weighted by Gasteiger charge is 2.66. The second kappa shape index (κ2) is 10.1.